The van der Waals surface area contributed by atoms with E-state index in [-0.39, 0.29) is 24.9 Å². The van der Waals surface area contributed by atoms with Crippen LogP contribution in [-0.4, -0.2) is 46.9 Å². The molecule has 49 heavy (non-hydrogen) atoms. The second kappa shape index (κ2) is 37.6. The smallest absolute Gasteiger partial charge is 0.306 e. The first-order chi connectivity index (χ1) is 24.0. The topological polar surface area (TPSA) is 95.9 Å². The molecule has 3 atom stereocenters. The number of unbranched alkanes of at least 4 members (excludes halogenated alkanes) is 21. The molecular formula is C43H81NO5. The highest BCUT2D eigenvalue weighted by atomic mass is 16.5. The Kier molecular flexibility index (Phi) is 36.3. The van der Waals surface area contributed by atoms with Gasteiger partial charge in [0, 0.05) is 6.42 Å². The van der Waals surface area contributed by atoms with E-state index in [2.05, 4.69) is 50.4 Å². The van der Waals surface area contributed by atoms with E-state index in [9.17, 15) is 19.8 Å². The van der Waals surface area contributed by atoms with Crippen LogP contribution in [-0.2, 0) is 14.3 Å². The lowest BCUT2D eigenvalue weighted by Gasteiger charge is -2.24. The SMILES string of the molecule is CCC/C=C\CCCCCCCC(=O)OC(CCC/C=C\CCCCCCCC)CC(=O)NC(CO)C(O)CCCCCCCCCCC. The Morgan fingerprint density at radius 1 is 0.571 bits per heavy atom. The van der Waals surface area contributed by atoms with Gasteiger partial charge in [0.15, 0.2) is 0 Å². The number of hydrogen-bond donors (Lipinski definition) is 3. The normalized spacial score (nSPS) is 13.7. The van der Waals surface area contributed by atoms with E-state index in [0.717, 1.165) is 70.6 Å². The molecular weight excluding hydrogens is 610 g/mol. The summed E-state index contributed by atoms with van der Waals surface area (Å²) in [5.74, 6) is -0.516. The third-order valence-corrected chi connectivity index (χ3v) is 9.48. The van der Waals surface area contributed by atoms with Gasteiger partial charge in [0.2, 0.25) is 5.91 Å². The Bertz CT molecular complexity index is 782. The van der Waals surface area contributed by atoms with Gasteiger partial charge < -0.3 is 20.3 Å². The molecule has 1 amide bonds. The van der Waals surface area contributed by atoms with Gasteiger partial charge in [0.05, 0.1) is 25.2 Å². The molecule has 0 bridgehead atoms. The van der Waals surface area contributed by atoms with Gasteiger partial charge in [-0.2, -0.15) is 0 Å². The molecule has 0 aliphatic heterocycles. The standard InChI is InChI=1S/C43H81NO5/c1-4-7-10-13-16-19-21-23-25-28-31-34-39(49-43(48)36-33-30-27-24-20-17-14-11-8-5-2)37-42(47)44-40(38-45)41(46)35-32-29-26-22-18-15-12-9-6-3/h11,14,23,25,39-41,45-46H,4-10,12-13,15-22,24,26-38H2,1-3H3,(H,44,47)/b14-11-,25-23-. The molecule has 0 spiro atoms. The maximum atomic E-state index is 13.0. The molecule has 3 unspecified atom stereocenters. The van der Waals surface area contributed by atoms with Crippen LogP contribution in [0.3, 0.4) is 0 Å². The number of carbonyl (C=O) groups excluding carboxylic acids is 2. The van der Waals surface area contributed by atoms with Crippen molar-refractivity contribution < 1.29 is 24.5 Å². The fourth-order valence-corrected chi connectivity index (χ4v) is 6.25. The summed E-state index contributed by atoms with van der Waals surface area (Å²) < 4.78 is 5.85. The van der Waals surface area contributed by atoms with Crippen molar-refractivity contribution in [1.82, 2.24) is 5.32 Å². The Hall–Kier alpha value is -1.66. The first kappa shape index (κ1) is 47.3. The second-order valence-corrected chi connectivity index (χ2v) is 14.4. The molecule has 0 aromatic rings. The second-order valence-electron chi connectivity index (χ2n) is 14.4. The highest BCUT2D eigenvalue weighted by Gasteiger charge is 2.23. The van der Waals surface area contributed by atoms with Gasteiger partial charge in [-0.1, -0.05) is 161 Å². The minimum Gasteiger partial charge on any atom is -0.462 e. The van der Waals surface area contributed by atoms with E-state index in [1.54, 1.807) is 0 Å². The predicted molar refractivity (Wildman–Crippen MR) is 209 cm³/mol. The Morgan fingerprint density at radius 2 is 1.04 bits per heavy atom. The van der Waals surface area contributed by atoms with Crippen LogP contribution >= 0.6 is 0 Å². The Balaban J connectivity index is 4.65. The first-order valence-electron chi connectivity index (χ1n) is 21.1. The summed E-state index contributed by atoms with van der Waals surface area (Å²) >= 11 is 0. The number of esters is 1. The summed E-state index contributed by atoms with van der Waals surface area (Å²) in [5.41, 5.74) is 0. The maximum Gasteiger partial charge on any atom is 0.306 e. The van der Waals surface area contributed by atoms with Crippen molar-refractivity contribution in [3.05, 3.63) is 24.3 Å². The fraction of sp³-hybridized carbons (Fsp3) is 0.860. The van der Waals surface area contributed by atoms with Crippen LogP contribution in [0.15, 0.2) is 24.3 Å². The number of aliphatic hydroxyl groups is 2. The lowest BCUT2D eigenvalue weighted by molar-refractivity contribution is -0.151. The Labute approximate surface area is 303 Å². The number of hydrogen-bond acceptors (Lipinski definition) is 5. The molecule has 0 fully saturated rings. The zero-order chi connectivity index (χ0) is 36.0. The number of ether oxygens (including phenoxy) is 1. The van der Waals surface area contributed by atoms with Crippen molar-refractivity contribution in [1.29, 1.82) is 0 Å². The monoisotopic (exact) mass is 692 g/mol. The zero-order valence-corrected chi connectivity index (χ0v) is 32.6. The van der Waals surface area contributed by atoms with Crippen molar-refractivity contribution in [2.45, 2.75) is 232 Å². The molecule has 0 aromatic carbocycles. The molecule has 0 saturated heterocycles. The summed E-state index contributed by atoms with van der Waals surface area (Å²) in [6.45, 7) is 6.36. The van der Waals surface area contributed by atoms with E-state index >= 15 is 0 Å². The average molecular weight is 692 g/mol. The van der Waals surface area contributed by atoms with Crippen LogP contribution < -0.4 is 5.32 Å². The molecule has 288 valence electrons. The molecule has 6 heteroatoms. The van der Waals surface area contributed by atoms with Gasteiger partial charge >= 0.3 is 5.97 Å². The highest BCUT2D eigenvalue weighted by Crippen LogP contribution is 2.16. The number of carbonyl (C=O) groups is 2. The average Bonchev–Trinajstić information content (AvgIpc) is 3.09. The molecule has 0 aliphatic rings. The minimum atomic E-state index is -0.788. The zero-order valence-electron chi connectivity index (χ0n) is 32.6. The van der Waals surface area contributed by atoms with Gasteiger partial charge in [-0.3, -0.25) is 9.59 Å². The number of aliphatic hydroxyl groups excluding tert-OH is 2. The molecule has 0 aliphatic carbocycles. The van der Waals surface area contributed by atoms with Gasteiger partial charge in [-0.15, -0.1) is 0 Å². The predicted octanol–water partition coefficient (Wildman–Crippen LogP) is 11.6. The maximum absolute atomic E-state index is 13.0. The summed E-state index contributed by atoms with van der Waals surface area (Å²) in [6.07, 6.45) is 39.6. The van der Waals surface area contributed by atoms with E-state index in [1.165, 1.54) is 96.3 Å². The number of allylic oxidation sites excluding steroid dienone is 4. The molecule has 0 saturated carbocycles. The van der Waals surface area contributed by atoms with Gasteiger partial charge in [0.25, 0.3) is 0 Å². The van der Waals surface area contributed by atoms with Gasteiger partial charge in [-0.25, -0.2) is 0 Å². The van der Waals surface area contributed by atoms with Crippen molar-refractivity contribution in [2.24, 2.45) is 0 Å². The molecule has 0 heterocycles. The van der Waals surface area contributed by atoms with E-state index < -0.39 is 18.2 Å². The van der Waals surface area contributed by atoms with Gasteiger partial charge in [-0.05, 0) is 64.2 Å². The quantitative estimate of drug-likeness (QED) is 0.0342. The van der Waals surface area contributed by atoms with Crippen molar-refractivity contribution in [3.63, 3.8) is 0 Å². The van der Waals surface area contributed by atoms with Crippen LogP contribution in [0, 0.1) is 0 Å². The third kappa shape index (κ3) is 33.3. The van der Waals surface area contributed by atoms with Crippen LogP contribution in [0.1, 0.15) is 213 Å². The highest BCUT2D eigenvalue weighted by molar-refractivity contribution is 5.77. The Morgan fingerprint density at radius 3 is 1.57 bits per heavy atom. The van der Waals surface area contributed by atoms with Crippen LogP contribution in [0.4, 0.5) is 0 Å². The van der Waals surface area contributed by atoms with E-state index in [1.807, 2.05) is 0 Å². The van der Waals surface area contributed by atoms with Crippen LogP contribution in [0.2, 0.25) is 0 Å². The number of amides is 1. The van der Waals surface area contributed by atoms with E-state index in [0.29, 0.717) is 19.3 Å². The summed E-state index contributed by atoms with van der Waals surface area (Å²) in [4.78, 5) is 25.8. The molecule has 0 rings (SSSR count). The summed E-state index contributed by atoms with van der Waals surface area (Å²) in [6, 6.07) is -0.704. The number of nitrogens with one attached hydrogen (secondary N) is 1. The molecule has 0 aromatic heterocycles. The minimum absolute atomic E-state index is 0.0556. The molecule has 0 radical (unpaired) electrons. The van der Waals surface area contributed by atoms with Crippen LogP contribution in [0.25, 0.3) is 0 Å². The van der Waals surface area contributed by atoms with Crippen LogP contribution in [0.5, 0.6) is 0 Å². The number of rotatable bonds is 37. The third-order valence-electron chi connectivity index (χ3n) is 9.48. The first-order valence-corrected chi connectivity index (χ1v) is 21.1. The molecule has 6 nitrogen and oxygen atoms in total. The summed E-state index contributed by atoms with van der Waals surface area (Å²) in [7, 11) is 0. The van der Waals surface area contributed by atoms with E-state index in [4.69, 9.17) is 4.74 Å². The fourth-order valence-electron chi connectivity index (χ4n) is 6.25. The lowest BCUT2D eigenvalue weighted by atomic mass is 10.0. The molecule has 3 N–H and O–H groups in total. The van der Waals surface area contributed by atoms with Crippen molar-refractivity contribution in [3.8, 4) is 0 Å². The van der Waals surface area contributed by atoms with Gasteiger partial charge in [0.1, 0.15) is 6.10 Å². The summed E-state index contributed by atoms with van der Waals surface area (Å²) in [5, 5.41) is 23.5. The van der Waals surface area contributed by atoms with Crippen molar-refractivity contribution >= 4 is 11.9 Å². The lowest BCUT2D eigenvalue weighted by Crippen LogP contribution is -2.46. The van der Waals surface area contributed by atoms with Crippen molar-refractivity contribution in [2.75, 3.05) is 6.61 Å². The largest absolute Gasteiger partial charge is 0.462 e.